The zero-order valence-corrected chi connectivity index (χ0v) is 8.29. The Balaban J connectivity index is 0.000000980. The van der Waals surface area contributed by atoms with E-state index in [1.165, 1.54) is 0 Å². The van der Waals surface area contributed by atoms with Crippen LogP contribution in [0.5, 0.6) is 0 Å². The molecule has 0 spiro atoms. The highest BCUT2D eigenvalue weighted by atomic mass is 35.5. The molecule has 1 fully saturated rings. The summed E-state index contributed by atoms with van der Waals surface area (Å²) in [6.45, 7) is 0.955. The molecule has 0 aromatic heterocycles. The van der Waals surface area contributed by atoms with E-state index in [2.05, 4.69) is 5.32 Å². The van der Waals surface area contributed by atoms with Crippen LogP contribution in [0.3, 0.4) is 0 Å². The van der Waals surface area contributed by atoms with E-state index in [4.69, 9.17) is 0 Å². The molecule has 1 heterocycles. The van der Waals surface area contributed by atoms with E-state index in [9.17, 15) is 10.1 Å². The predicted molar refractivity (Wildman–Crippen MR) is 55.7 cm³/mol. The van der Waals surface area contributed by atoms with Gasteiger partial charge in [0, 0.05) is 17.7 Å². The largest absolute Gasteiger partial charge is 0.310 e. The number of para-hydroxylation sites is 1. The maximum Gasteiger partial charge on any atom is 0.274 e. The van der Waals surface area contributed by atoms with Crippen LogP contribution in [0.25, 0.3) is 0 Å². The number of hydrogen-bond acceptors (Lipinski definition) is 3. The first kappa shape index (κ1) is 10.9. The van der Waals surface area contributed by atoms with Crippen LogP contribution >= 0.6 is 12.4 Å². The van der Waals surface area contributed by atoms with Gasteiger partial charge in [-0.15, -0.1) is 12.4 Å². The highest BCUT2D eigenvalue weighted by molar-refractivity contribution is 5.85. The van der Waals surface area contributed by atoms with E-state index >= 15 is 0 Å². The predicted octanol–water partition coefficient (Wildman–Crippen LogP) is 2.05. The molecule has 5 heteroatoms. The van der Waals surface area contributed by atoms with Crippen molar-refractivity contribution in [2.75, 3.05) is 6.54 Å². The Morgan fingerprint density at radius 1 is 1.43 bits per heavy atom. The van der Waals surface area contributed by atoms with Gasteiger partial charge >= 0.3 is 0 Å². The van der Waals surface area contributed by atoms with Gasteiger partial charge in [-0.1, -0.05) is 18.2 Å². The Hall–Kier alpha value is -1.13. The van der Waals surface area contributed by atoms with Gasteiger partial charge in [0.15, 0.2) is 0 Å². The molecule has 1 saturated heterocycles. The lowest BCUT2D eigenvalue weighted by Gasteiger charge is -2.27. The average Bonchev–Trinajstić information content (AvgIpc) is 2.02. The van der Waals surface area contributed by atoms with Gasteiger partial charge < -0.3 is 5.32 Å². The van der Waals surface area contributed by atoms with E-state index in [0.29, 0.717) is 0 Å². The lowest BCUT2D eigenvalue weighted by molar-refractivity contribution is -0.385. The van der Waals surface area contributed by atoms with Gasteiger partial charge in [0.25, 0.3) is 5.69 Å². The molecule has 0 unspecified atom stereocenters. The van der Waals surface area contributed by atoms with E-state index in [1.807, 2.05) is 12.1 Å². The molecular formula is C9H11ClN2O2. The van der Waals surface area contributed by atoms with Crippen LogP contribution in [0, 0.1) is 10.1 Å². The van der Waals surface area contributed by atoms with E-state index in [0.717, 1.165) is 18.5 Å². The second kappa shape index (κ2) is 4.39. The lowest BCUT2D eigenvalue weighted by atomic mass is 9.97. The molecule has 1 N–H and O–H groups in total. The normalized spacial score (nSPS) is 19.3. The van der Waals surface area contributed by atoms with Gasteiger partial charge in [0.05, 0.1) is 4.92 Å². The van der Waals surface area contributed by atoms with Crippen LogP contribution in [0.1, 0.15) is 18.0 Å². The van der Waals surface area contributed by atoms with Crippen molar-refractivity contribution in [1.82, 2.24) is 5.32 Å². The SMILES string of the molecule is Cl.O=[N+]([O-])c1ccccc1[C@H]1CCN1. The number of nitrogens with one attached hydrogen (secondary N) is 1. The smallest absolute Gasteiger partial charge is 0.274 e. The molecule has 1 aliphatic heterocycles. The zero-order chi connectivity index (χ0) is 9.26. The number of benzene rings is 1. The molecule has 76 valence electrons. The molecule has 2 rings (SSSR count). The summed E-state index contributed by atoms with van der Waals surface area (Å²) in [5, 5.41) is 13.8. The van der Waals surface area contributed by atoms with Crippen molar-refractivity contribution in [3.8, 4) is 0 Å². The summed E-state index contributed by atoms with van der Waals surface area (Å²) in [5.41, 5.74) is 1.03. The highest BCUT2D eigenvalue weighted by Gasteiger charge is 2.25. The average molecular weight is 215 g/mol. The van der Waals surface area contributed by atoms with Crippen molar-refractivity contribution in [3.05, 3.63) is 39.9 Å². The first-order valence-electron chi connectivity index (χ1n) is 4.26. The fraction of sp³-hybridized carbons (Fsp3) is 0.333. The van der Waals surface area contributed by atoms with Crippen molar-refractivity contribution in [3.63, 3.8) is 0 Å². The molecule has 1 aromatic rings. The molecule has 0 saturated carbocycles. The minimum absolute atomic E-state index is 0. The Morgan fingerprint density at radius 2 is 2.07 bits per heavy atom. The first-order chi connectivity index (χ1) is 6.29. The van der Waals surface area contributed by atoms with Crippen LogP contribution in [0.15, 0.2) is 24.3 Å². The number of nitro groups is 1. The van der Waals surface area contributed by atoms with Crippen LogP contribution in [-0.2, 0) is 0 Å². The second-order valence-corrected chi connectivity index (χ2v) is 3.11. The summed E-state index contributed by atoms with van der Waals surface area (Å²) in [7, 11) is 0. The van der Waals surface area contributed by atoms with Crippen molar-refractivity contribution in [1.29, 1.82) is 0 Å². The monoisotopic (exact) mass is 214 g/mol. The molecule has 1 atom stereocenters. The molecule has 4 nitrogen and oxygen atoms in total. The number of nitrogens with zero attached hydrogens (tertiary/aromatic N) is 1. The number of rotatable bonds is 2. The van der Waals surface area contributed by atoms with Crippen LogP contribution in [-0.4, -0.2) is 11.5 Å². The Bertz CT molecular complexity index is 339. The van der Waals surface area contributed by atoms with Gasteiger partial charge in [-0.3, -0.25) is 10.1 Å². The maximum absolute atomic E-state index is 10.6. The van der Waals surface area contributed by atoms with Crippen molar-refractivity contribution < 1.29 is 4.92 Å². The third-order valence-electron chi connectivity index (χ3n) is 2.33. The third kappa shape index (κ3) is 1.86. The molecule has 0 aliphatic carbocycles. The summed E-state index contributed by atoms with van der Waals surface area (Å²) in [6, 6.07) is 7.08. The highest BCUT2D eigenvalue weighted by Crippen LogP contribution is 2.30. The van der Waals surface area contributed by atoms with E-state index in [-0.39, 0.29) is 29.1 Å². The molecule has 0 radical (unpaired) electrons. The summed E-state index contributed by atoms with van der Waals surface area (Å²) >= 11 is 0. The summed E-state index contributed by atoms with van der Waals surface area (Å²) in [4.78, 5) is 10.3. The quantitative estimate of drug-likeness (QED) is 0.606. The van der Waals surface area contributed by atoms with Crippen molar-refractivity contribution in [2.24, 2.45) is 0 Å². The second-order valence-electron chi connectivity index (χ2n) is 3.11. The van der Waals surface area contributed by atoms with Gasteiger partial charge in [-0.2, -0.15) is 0 Å². The summed E-state index contributed by atoms with van der Waals surface area (Å²) in [5.74, 6) is 0. The van der Waals surface area contributed by atoms with Crippen LogP contribution < -0.4 is 5.32 Å². The maximum atomic E-state index is 10.6. The topological polar surface area (TPSA) is 55.2 Å². The first-order valence-corrected chi connectivity index (χ1v) is 4.26. The fourth-order valence-corrected chi connectivity index (χ4v) is 1.50. The molecule has 1 aliphatic rings. The van der Waals surface area contributed by atoms with Gasteiger partial charge in [-0.05, 0) is 13.0 Å². The molecule has 0 amide bonds. The lowest BCUT2D eigenvalue weighted by Crippen LogP contribution is -2.35. The number of hydrogen-bond donors (Lipinski definition) is 1. The minimum atomic E-state index is -0.324. The Kier molecular flexibility index (Phi) is 3.43. The number of nitro benzene ring substituents is 1. The van der Waals surface area contributed by atoms with E-state index in [1.54, 1.807) is 12.1 Å². The fourth-order valence-electron chi connectivity index (χ4n) is 1.50. The van der Waals surface area contributed by atoms with Crippen LogP contribution in [0.2, 0.25) is 0 Å². The Labute approximate surface area is 87.9 Å². The standard InChI is InChI=1S/C9H10N2O2.ClH/c12-11(13)9-4-2-1-3-7(9)8-5-6-10-8;/h1-4,8,10H,5-6H2;1H/t8-;/m1./s1. The van der Waals surface area contributed by atoms with Crippen LogP contribution in [0.4, 0.5) is 5.69 Å². The van der Waals surface area contributed by atoms with Gasteiger partial charge in [-0.25, -0.2) is 0 Å². The molecule has 0 bridgehead atoms. The minimum Gasteiger partial charge on any atom is -0.310 e. The van der Waals surface area contributed by atoms with Gasteiger partial charge in [0.2, 0.25) is 0 Å². The molecule has 14 heavy (non-hydrogen) atoms. The van der Waals surface area contributed by atoms with Gasteiger partial charge in [0.1, 0.15) is 0 Å². The van der Waals surface area contributed by atoms with E-state index < -0.39 is 0 Å². The number of halogens is 1. The Morgan fingerprint density at radius 3 is 2.57 bits per heavy atom. The molecule has 1 aromatic carbocycles. The van der Waals surface area contributed by atoms with Crippen molar-refractivity contribution in [2.45, 2.75) is 12.5 Å². The third-order valence-corrected chi connectivity index (χ3v) is 2.33. The summed E-state index contributed by atoms with van der Waals surface area (Å²) in [6.07, 6.45) is 0.991. The molecular weight excluding hydrogens is 204 g/mol. The zero-order valence-electron chi connectivity index (χ0n) is 7.47. The summed E-state index contributed by atoms with van der Waals surface area (Å²) < 4.78 is 0. The van der Waals surface area contributed by atoms with Crippen molar-refractivity contribution >= 4 is 18.1 Å².